The van der Waals surface area contributed by atoms with Crippen LogP contribution in [0.3, 0.4) is 0 Å². The molecule has 0 aromatic carbocycles. The van der Waals surface area contributed by atoms with Gasteiger partial charge in [-0.15, -0.1) is 13.2 Å². The number of fused-ring (bicyclic) bond motifs is 8. The molecule has 0 saturated heterocycles. The SMILES string of the molecule is C=CC1CC(C=C)C2C3CC(C4C=CC=CC43)C12. The second kappa shape index (κ2) is 3.73. The van der Waals surface area contributed by atoms with Crippen molar-refractivity contribution in [3.8, 4) is 0 Å². The first kappa shape index (κ1) is 10.8. The van der Waals surface area contributed by atoms with E-state index in [0.29, 0.717) is 0 Å². The van der Waals surface area contributed by atoms with Crippen LogP contribution in [0.15, 0.2) is 49.6 Å². The minimum absolute atomic E-state index is 0.744. The van der Waals surface area contributed by atoms with Gasteiger partial charge in [0.25, 0.3) is 0 Å². The van der Waals surface area contributed by atoms with E-state index in [1.165, 1.54) is 12.8 Å². The molecule has 18 heavy (non-hydrogen) atoms. The van der Waals surface area contributed by atoms with Gasteiger partial charge in [0.15, 0.2) is 0 Å². The molecule has 8 unspecified atom stereocenters. The number of hydrogen-bond acceptors (Lipinski definition) is 0. The van der Waals surface area contributed by atoms with Crippen molar-refractivity contribution in [1.29, 1.82) is 0 Å². The average Bonchev–Trinajstić information content (AvgIpc) is 3.07. The summed E-state index contributed by atoms with van der Waals surface area (Å²) >= 11 is 0. The van der Waals surface area contributed by atoms with E-state index in [1.54, 1.807) is 0 Å². The minimum atomic E-state index is 0.744. The lowest BCUT2D eigenvalue weighted by molar-refractivity contribution is 0.142. The third kappa shape index (κ3) is 1.17. The van der Waals surface area contributed by atoms with Crippen LogP contribution in [0.1, 0.15) is 12.8 Å². The summed E-state index contributed by atoms with van der Waals surface area (Å²) in [7, 11) is 0. The molecule has 4 aliphatic carbocycles. The van der Waals surface area contributed by atoms with Crippen LogP contribution in [-0.4, -0.2) is 0 Å². The van der Waals surface area contributed by atoms with Crippen molar-refractivity contribution in [2.24, 2.45) is 47.3 Å². The Kier molecular flexibility index (Phi) is 2.24. The Balaban J connectivity index is 1.73. The lowest BCUT2D eigenvalue weighted by Crippen LogP contribution is -2.34. The summed E-state index contributed by atoms with van der Waals surface area (Å²) in [6, 6.07) is 0. The van der Waals surface area contributed by atoms with Gasteiger partial charge in [0.1, 0.15) is 0 Å². The summed E-state index contributed by atoms with van der Waals surface area (Å²) in [5, 5.41) is 0. The Bertz CT molecular complexity index is 401. The van der Waals surface area contributed by atoms with E-state index < -0.39 is 0 Å². The molecule has 0 aromatic rings. The van der Waals surface area contributed by atoms with Crippen LogP contribution in [0.4, 0.5) is 0 Å². The van der Waals surface area contributed by atoms with Gasteiger partial charge in [-0.3, -0.25) is 0 Å². The van der Waals surface area contributed by atoms with Gasteiger partial charge in [0.05, 0.1) is 0 Å². The molecule has 0 nitrogen and oxygen atoms in total. The fraction of sp³-hybridized carbons (Fsp3) is 0.556. The zero-order valence-corrected chi connectivity index (χ0v) is 10.9. The Hall–Kier alpha value is -1.04. The second-order valence-electron chi connectivity index (χ2n) is 6.68. The van der Waals surface area contributed by atoms with E-state index in [0.717, 1.165) is 47.3 Å². The molecule has 0 heteroatoms. The maximum Gasteiger partial charge on any atom is -0.0133 e. The monoisotopic (exact) mass is 238 g/mol. The van der Waals surface area contributed by atoms with Gasteiger partial charge in [0, 0.05) is 0 Å². The first-order valence-corrected chi connectivity index (χ1v) is 7.45. The van der Waals surface area contributed by atoms with Crippen molar-refractivity contribution in [2.45, 2.75) is 12.8 Å². The summed E-state index contributed by atoms with van der Waals surface area (Å²) < 4.78 is 0. The van der Waals surface area contributed by atoms with Crippen molar-refractivity contribution in [1.82, 2.24) is 0 Å². The molecule has 4 rings (SSSR count). The summed E-state index contributed by atoms with van der Waals surface area (Å²) in [4.78, 5) is 0. The number of allylic oxidation sites excluding steroid dienone is 6. The van der Waals surface area contributed by atoms with Gasteiger partial charge in [0.2, 0.25) is 0 Å². The molecule has 0 amide bonds. The minimum Gasteiger partial charge on any atom is -0.103 e. The molecule has 0 radical (unpaired) electrons. The van der Waals surface area contributed by atoms with Crippen molar-refractivity contribution in [2.75, 3.05) is 0 Å². The molecule has 0 aliphatic heterocycles. The quantitative estimate of drug-likeness (QED) is 0.631. The van der Waals surface area contributed by atoms with Crippen molar-refractivity contribution >= 4 is 0 Å². The number of rotatable bonds is 2. The average molecular weight is 238 g/mol. The van der Waals surface area contributed by atoms with E-state index >= 15 is 0 Å². The Morgan fingerprint density at radius 2 is 1.28 bits per heavy atom. The second-order valence-corrected chi connectivity index (χ2v) is 6.68. The van der Waals surface area contributed by atoms with Crippen LogP contribution < -0.4 is 0 Å². The predicted molar refractivity (Wildman–Crippen MR) is 75.8 cm³/mol. The normalized spacial score (nSPS) is 55.3. The van der Waals surface area contributed by atoms with Crippen LogP contribution in [0.5, 0.6) is 0 Å². The summed E-state index contributed by atoms with van der Waals surface area (Å²) in [5.41, 5.74) is 0. The maximum absolute atomic E-state index is 4.09. The molecule has 0 spiro atoms. The standard InChI is InChI=1S/C18H22/c1-3-11-9-12(4-2)18-16-10-15(17(11)18)13-7-5-6-8-14(13)16/h3-8,11-18H,1-2,9-10H2. The predicted octanol–water partition coefficient (Wildman–Crippen LogP) is 4.24. The lowest BCUT2D eigenvalue weighted by atomic mass is 9.65. The first-order valence-electron chi connectivity index (χ1n) is 7.45. The van der Waals surface area contributed by atoms with Crippen LogP contribution in [0.2, 0.25) is 0 Å². The topological polar surface area (TPSA) is 0 Å². The summed E-state index contributed by atoms with van der Waals surface area (Å²) in [6.07, 6.45) is 16.7. The maximum atomic E-state index is 4.09. The van der Waals surface area contributed by atoms with Crippen LogP contribution in [0, 0.1) is 47.3 Å². The van der Waals surface area contributed by atoms with Crippen LogP contribution in [0.25, 0.3) is 0 Å². The van der Waals surface area contributed by atoms with Gasteiger partial charge in [-0.25, -0.2) is 0 Å². The smallest absolute Gasteiger partial charge is 0.0133 e. The highest BCUT2D eigenvalue weighted by Crippen LogP contribution is 2.67. The molecule has 94 valence electrons. The highest BCUT2D eigenvalue weighted by molar-refractivity contribution is 5.26. The molecule has 3 fully saturated rings. The molecule has 2 bridgehead atoms. The van der Waals surface area contributed by atoms with Crippen molar-refractivity contribution in [3.05, 3.63) is 49.6 Å². The highest BCUT2D eigenvalue weighted by Gasteiger charge is 2.62. The van der Waals surface area contributed by atoms with E-state index in [4.69, 9.17) is 0 Å². The molecular weight excluding hydrogens is 216 g/mol. The summed E-state index contributed by atoms with van der Waals surface area (Å²) in [6.45, 7) is 8.19. The molecule has 3 saturated carbocycles. The Morgan fingerprint density at radius 1 is 0.778 bits per heavy atom. The van der Waals surface area contributed by atoms with Gasteiger partial charge in [-0.1, -0.05) is 36.5 Å². The van der Waals surface area contributed by atoms with Gasteiger partial charge < -0.3 is 0 Å². The fourth-order valence-corrected chi connectivity index (χ4v) is 5.87. The zero-order valence-electron chi connectivity index (χ0n) is 10.9. The highest BCUT2D eigenvalue weighted by atomic mass is 14.7. The molecular formula is C18H22. The van der Waals surface area contributed by atoms with Crippen LogP contribution >= 0.6 is 0 Å². The van der Waals surface area contributed by atoms with Crippen molar-refractivity contribution in [3.63, 3.8) is 0 Å². The van der Waals surface area contributed by atoms with E-state index in [9.17, 15) is 0 Å². The van der Waals surface area contributed by atoms with Crippen molar-refractivity contribution < 1.29 is 0 Å². The largest absolute Gasteiger partial charge is 0.103 e. The molecule has 0 aromatic heterocycles. The van der Waals surface area contributed by atoms with E-state index in [1.807, 2.05) is 0 Å². The third-order valence-electron chi connectivity index (χ3n) is 6.33. The lowest BCUT2D eigenvalue weighted by Gasteiger charge is -2.39. The number of hydrogen-bond donors (Lipinski definition) is 0. The molecule has 8 atom stereocenters. The third-order valence-corrected chi connectivity index (χ3v) is 6.33. The molecule has 4 aliphatic rings. The fourth-order valence-electron chi connectivity index (χ4n) is 5.87. The zero-order chi connectivity index (χ0) is 12.3. The Labute approximate surface area is 110 Å². The van der Waals surface area contributed by atoms with E-state index in [2.05, 4.69) is 49.6 Å². The first-order chi connectivity index (χ1) is 8.85. The van der Waals surface area contributed by atoms with Crippen LogP contribution in [-0.2, 0) is 0 Å². The van der Waals surface area contributed by atoms with Gasteiger partial charge in [-0.05, 0) is 60.2 Å². The van der Waals surface area contributed by atoms with Gasteiger partial charge in [-0.2, -0.15) is 0 Å². The molecule has 0 N–H and O–H groups in total. The Morgan fingerprint density at radius 3 is 1.72 bits per heavy atom. The van der Waals surface area contributed by atoms with Gasteiger partial charge >= 0.3 is 0 Å². The van der Waals surface area contributed by atoms with E-state index in [-0.39, 0.29) is 0 Å². The summed E-state index contributed by atoms with van der Waals surface area (Å²) in [5.74, 6) is 6.76. The molecule has 0 heterocycles.